The highest BCUT2D eigenvalue weighted by atomic mass is 19.1. The molecule has 0 aliphatic rings. The standard InChI is InChI=1S/C16H16FNO2/c17-15-6-2-1-5-14(15)16(19)12-20-11-3-4-13-7-9-18-10-8-13/h1-2,5-10H,3-4,11-12H2. The number of hydrogen-bond acceptors (Lipinski definition) is 3. The zero-order chi connectivity index (χ0) is 14.2. The average Bonchev–Trinajstić information content (AvgIpc) is 2.48. The van der Waals surface area contributed by atoms with E-state index >= 15 is 0 Å². The van der Waals surface area contributed by atoms with E-state index in [0.717, 1.165) is 12.8 Å². The highest BCUT2D eigenvalue weighted by molar-refractivity contribution is 5.97. The van der Waals surface area contributed by atoms with E-state index < -0.39 is 5.82 Å². The fourth-order valence-corrected chi connectivity index (χ4v) is 1.86. The lowest BCUT2D eigenvalue weighted by Crippen LogP contribution is -2.11. The molecule has 0 bridgehead atoms. The Labute approximate surface area is 117 Å². The van der Waals surface area contributed by atoms with E-state index in [-0.39, 0.29) is 18.0 Å². The van der Waals surface area contributed by atoms with Crippen molar-refractivity contribution in [2.24, 2.45) is 0 Å². The molecule has 0 amide bonds. The number of aromatic nitrogens is 1. The van der Waals surface area contributed by atoms with Gasteiger partial charge in [0.25, 0.3) is 0 Å². The first-order chi connectivity index (χ1) is 9.77. The smallest absolute Gasteiger partial charge is 0.191 e. The number of nitrogens with zero attached hydrogens (tertiary/aromatic N) is 1. The minimum absolute atomic E-state index is 0.0848. The zero-order valence-electron chi connectivity index (χ0n) is 11.1. The maximum atomic E-state index is 13.4. The molecule has 0 aliphatic heterocycles. The maximum absolute atomic E-state index is 13.4. The van der Waals surface area contributed by atoms with Crippen molar-refractivity contribution >= 4 is 5.78 Å². The van der Waals surface area contributed by atoms with Crippen LogP contribution < -0.4 is 0 Å². The first-order valence-corrected chi connectivity index (χ1v) is 6.52. The summed E-state index contributed by atoms with van der Waals surface area (Å²) in [5.74, 6) is -0.829. The molecule has 0 saturated carbocycles. The molecule has 0 radical (unpaired) electrons. The minimum Gasteiger partial charge on any atom is -0.373 e. The Bertz CT molecular complexity index is 557. The molecule has 0 unspecified atom stereocenters. The van der Waals surface area contributed by atoms with E-state index in [2.05, 4.69) is 4.98 Å². The molecule has 2 rings (SSSR count). The number of carbonyl (C=O) groups excluding carboxylic acids is 1. The second-order valence-electron chi connectivity index (χ2n) is 4.41. The van der Waals surface area contributed by atoms with Crippen molar-refractivity contribution in [1.82, 2.24) is 4.98 Å². The van der Waals surface area contributed by atoms with Crippen LogP contribution in [0, 0.1) is 5.82 Å². The van der Waals surface area contributed by atoms with Gasteiger partial charge in [-0.25, -0.2) is 4.39 Å². The number of benzene rings is 1. The Kier molecular flexibility index (Phi) is 5.38. The number of pyridine rings is 1. The molecule has 0 N–H and O–H groups in total. The van der Waals surface area contributed by atoms with Gasteiger partial charge in [-0.1, -0.05) is 12.1 Å². The number of ketones is 1. The van der Waals surface area contributed by atoms with E-state index in [1.807, 2.05) is 12.1 Å². The summed E-state index contributed by atoms with van der Waals surface area (Å²) < 4.78 is 18.6. The normalized spacial score (nSPS) is 10.4. The molecule has 104 valence electrons. The lowest BCUT2D eigenvalue weighted by molar-refractivity contribution is 0.0752. The zero-order valence-corrected chi connectivity index (χ0v) is 11.1. The van der Waals surface area contributed by atoms with Crippen molar-refractivity contribution in [3.63, 3.8) is 0 Å². The fraction of sp³-hybridized carbons (Fsp3) is 0.250. The van der Waals surface area contributed by atoms with E-state index in [0.29, 0.717) is 6.61 Å². The highest BCUT2D eigenvalue weighted by Crippen LogP contribution is 2.07. The van der Waals surface area contributed by atoms with Crippen LogP contribution in [0.1, 0.15) is 22.3 Å². The van der Waals surface area contributed by atoms with Crippen LogP contribution in [0.3, 0.4) is 0 Å². The van der Waals surface area contributed by atoms with Crippen molar-refractivity contribution in [2.75, 3.05) is 13.2 Å². The van der Waals surface area contributed by atoms with Crippen LogP contribution in [0.5, 0.6) is 0 Å². The molecule has 0 atom stereocenters. The van der Waals surface area contributed by atoms with Gasteiger partial charge in [0.2, 0.25) is 0 Å². The molecule has 0 spiro atoms. The topological polar surface area (TPSA) is 39.2 Å². The summed E-state index contributed by atoms with van der Waals surface area (Å²) in [5, 5.41) is 0. The van der Waals surface area contributed by atoms with Gasteiger partial charge in [-0.15, -0.1) is 0 Å². The molecule has 0 aliphatic carbocycles. The fourth-order valence-electron chi connectivity index (χ4n) is 1.86. The predicted octanol–water partition coefficient (Wildman–Crippen LogP) is 3.05. The number of hydrogen-bond donors (Lipinski definition) is 0. The number of rotatable bonds is 7. The molecule has 1 aromatic heterocycles. The quantitative estimate of drug-likeness (QED) is 0.575. The highest BCUT2D eigenvalue weighted by Gasteiger charge is 2.10. The van der Waals surface area contributed by atoms with Gasteiger partial charge in [-0.2, -0.15) is 0 Å². The number of halogens is 1. The average molecular weight is 273 g/mol. The molecule has 1 heterocycles. The van der Waals surface area contributed by atoms with Gasteiger partial charge in [0.05, 0.1) is 5.56 Å². The molecule has 2 aromatic rings. The summed E-state index contributed by atoms with van der Waals surface area (Å²) in [6.45, 7) is 0.389. The Morgan fingerprint density at radius 1 is 1.15 bits per heavy atom. The van der Waals surface area contributed by atoms with Crippen LogP contribution >= 0.6 is 0 Å². The molecule has 3 nitrogen and oxygen atoms in total. The van der Waals surface area contributed by atoms with E-state index in [1.54, 1.807) is 24.5 Å². The van der Waals surface area contributed by atoms with Crippen molar-refractivity contribution < 1.29 is 13.9 Å². The van der Waals surface area contributed by atoms with Crippen LogP contribution in [0.15, 0.2) is 48.8 Å². The van der Waals surface area contributed by atoms with E-state index in [1.165, 1.54) is 17.7 Å². The monoisotopic (exact) mass is 273 g/mol. The molecule has 20 heavy (non-hydrogen) atoms. The Morgan fingerprint density at radius 2 is 1.90 bits per heavy atom. The van der Waals surface area contributed by atoms with E-state index in [9.17, 15) is 9.18 Å². The van der Waals surface area contributed by atoms with Crippen molar-refractivity contribution in [2.45, 2.75) is 12.8 Å². The molecule has 0 fully saturated rings. The summed E-state index contributed by atoms with van der Waals surface area (Å²) in [6.07, 6.45) is 5.18. The Hall–Kier alpha value is -2.07. The summed E-state index contributed by atoms with van der Waals surface area (Å²) in [5.41, 5.74) is 1.27. The SMILES string of the molecule is O=C(COCCCc1ccncc1)c1ccccc1F. The number of ether oxygens (including phenoxy) is 1. The maximum Gasteiger partial charge on any atom is 0.191 e. The molecule has 1 aromatic carbocycles. The number of aryl methyl sites for hydroxylation is 1. The number of Topliss-reactive ketones (excluding diaryl/α,β-unsaturated/α-hetero) is 1. The molecule has 0 saturated heterocycles. The number of carbonyl (C=O) groups is 1. The van der Waals surface area contributed by atoms with E-state index in [4.69, 9.17) is 4.74 Å². The summed E-state index contributed by atoms with van der Waals surface area (Å²) in [6, 6.07) is 9.84. The van der Waals surface area contributed by atoms with Crippen LogP contribution in [-0.2, 0) is 11.2 Å². The predicted molar refractivity (Wildman–Crippen MR) is 74.1 cm³/mol. The van der Waals surface area contributed by atoms with Crippen LogP contribution in [0.4, 0.5) is 4.39 Å². The molecular formula is C16H16FNO2. The minimum atomic E-state index is -0.502. The largest absolute Gasteiger partial charge is 0.373 e. The first-order valence-electron chi connectivity index (χ1n) is 6.52. The Balaban J connectivity index is 1.69. The molecular weight excluding hydrogens is 257 g/mol. The summed E-state index contributed by atoms with van der Waals surface area (Å²) in [4.78, 5) is 15.7. The van der Waals surface area contributed by atoms with Crippen LogP contribution in [0.25, 0.3) is 0 Å². The van der Waals surface area contributed by atoms with Crippen LogP contribution in [0.2, 0.25) is 0 Å². The third-order valence-electron chi connectivity index (χ3n) is 2.91. The van der Waals surface area contributed by atoms with Gasteiger partial charge in [0.1, 0.15) is 12.4 Å². The van der Waals surface area contributed by atoms with Gasteiger partial charge in [-0.05, 0) is 42.7 Å². The van der Waals surface area contributed by atoms with Crippen molar-refractivity contribution in [3.8, 4) is 0 Å². The third kappa shape index (κ3) is 4.24. The lowest BCUT2D eigenvalue weighted by atomic mass is 10.1. The van der Waals surface area contributed by atoms with Gasteiger partial charge in [-0.3, -0.25) is 9.78 Å². The summed E-state index contributed by atoms with van der Waals surface area (Å²) >= 11 is 0. The second kappa shape index (κ2) is 7.50. The lowest BCUT2D eigenvalue weighted by Gasteiger charge is -2.05. The third-order valence-corrected chi connectivity index (χ3v) is 2.91. The second-order valence-corrected chi connectivity index (χ2v) is 4.41. The summed E-state index contributed by atoms with van der Waals surface area (Å²) in [7, 11) is 0. The van der Waals surface area contributed by atoms with Crippen molar-refractivity contribution in [1.29, 1.82) is 0 Å². The van der Waals surface area contributed by atoms with Gasteiger partial charge < -0.3 is 4.74 Å². The van der Waals surface area contributed by atoms with Crippen molar-refractivity contribution in [3.05, 3.63) is 65.7 Å². The first kappa shape index (κ1) is 14.3. The van der Waals surface area contributed by atoms with Crippen LogP contribution in [-0.4, -0.2) is 24.0 Å². The molecule has 4 heteroatoms. The van der Waals surface area contributed by atoms with Gasteiger partial charge >= 0.3 is 0 Å². The Morgan fingerprint density at radius 3 is 2.65 bits per heavy atom. The van der Waals surface area contributed by atoms with Gasteiger partial charge in [0, 0.05) is 19.0 Å². The van der Waals surface area contributed by atoms with Gasteiger partial charge in [0.15, 0.2) is 5.78 Å².